The van der Waals surface area contributed by atoms with Gasteiger partial charge in [0.25, 0.3) is 5.56 Å². The van der Waals surface area contributed by atoms with Crippen molar-refractivity contribution in [2.75, 3.05) is 26.7 Å². The summed E-state index contributed by atoms with van der Waals surface area (Å²) in [5.74, 6) is -1.85. The van der Waals surface area contributed by atoms with Crippen molar-refractivity contribution in [3.63, 3.8) is 0 Å². The maximum absolute atomic E-state index is 13.1. The van der Waals surface area contributed by atoms with E-state index in [9.17, 15) is 29.4 Å². The predicted molar refractivity (Wildman–Crippen MR) is 144 cm³/mol. The molecule has 0 aliphatic carbocycles. The molecule has 0 saturated carbocycles. The number of methoxy groups -OCH3 is 1. The average Bonchev–Trinajstić information content (AvgIpc) is 2.93. The Labute approximate surface area is 229 Å². The molecule has 2 bridgehead atoms. The van der Waals surface area contributed by atoms with Gasteiger partial charge in [-0.25, -0.2) is 0 Å². The number of aromatic hydroxyl groups is 2. The van der Waals surface area contributed by atoms with Crippen LogP contribution in [-0.2, 0) is 16.1 Å². The van der Waals surface area contributed by atoms with Gasteiger partial charge in [0.05, 0.1) is 19.6 Å². The number of ether oxygens (including phenoxy) is 1. The molecule has 1 fully saturated rings. The third-order valence-electron chi connectivity index (χ3n) is 7.65. The van der Waals surface area contributed by atoms with Gasteiger partial charge in [-0.1, -0.05) is 12.1 Å². The predicted octanol–water partition coefficient (Wildman–Crippen LogP) is 1.81. The number of amides is 2. The molecule has 11 heteroatoms. The highest BCUT2D eigenvalue weighted by Gasteiger charge is 2.36. The van der Waals surface area contributed by atoms with Crippen LogP contribution < -0.4 is 21.0 Å². The van der Waals surface area contributed by atoms with E-state index in [2.05, 4.69) is 5.32 Å². The van der Waals surface area contributed by atoms with E-state index in [4.69, 9.17) is 9.15 Å². The number of hydrogen-bond donors (Lipinski definition) is 3. The highest BCUT2D eigenvalue weighted by Crippen LogP contribution is 2.37. The number of pyridine rings is 1. The molecule has 2 aromatic heterocycles. The lowest BCUT2D eigenvalue weighted by molar-refractivity contribution is -0.135. The third-order valence-corrected chi connectivity index (χ3v) is 7.65. The van der Waals surface area contributed by atoms with E-state index in [-0.39, 0.29) is 59.3 Å². The largest absolute Gasteiger partial charge is 0.504 e. The first kappa shape index (κ1) is 27.0. The molecule has 5 rings (SSSR count). The number of carbonyl (C=O) groups is 2. The normalized spacial score (nSPS) is 18.5. The van der Waals surface area contributed by atoms with Crippen LogP contribution in [0.2, 0.25) is 0 Å². The van der Waals surface area contributed by atoms with Crippen LogP contribution in [0.3, 0.4) is 0 Å². The van der Waals surface area contributed by atoms with Crippen molar-refractivity contribution in [2.24, 2.45) is 5.92 Å². The molecule has 11 nitrogen and oxygen atoms in total. The van der Waals surface area contributed by atoms with Crippen LogP contribution in [-0.4, -0.2) is 58.2 Å². The van der Waals surface area contributed by atoms with Crippen molar-refractivity contribution in [3.05, 3.63) is 85.8 Å². The number of rotatable bonds is 7. The molecule has 3 N–H and O–H groups in total. The summed E-state index contributed by atoms with van der Waals surface area (Å²) in [7, 11) is 1.38. The Kier molecular flexibility index (Phi) is 7.38. The first-order valence-corrected chi connectivity index (χ1v) is 13.1. The van der Waals surface area contributed by atoms with Crippen LogP contribution in [0.5, 0.6) is 17.2 Å². The van der Waals surface area contributed by atoms with Gasteiger partial charge in [-0.05, 0) is 43.0 Å². The van der Waals surface area contributed by atoms with Gasteiger partial charge >= 0.3 is 0 Å². The van der Waals surface area contributed by atoms with Crippen LogP contribution in [0.1, 0.15) is 47.5 Å². The topological polar surface area (TPSA) is 151 Å². The molecule has 3 atom stereocenters. The quantitative estimate of drug-likeness (QED) is 0.404. The Morgan fingerprint density at radius 2 is 1.93 bits per heavy atom. The van der Waals surface area contributed by atoms with E-state index in [1.54, 1.807) is 34.6 Å². The minimum Gasteiger partial charge on any atom is -0.504 e. The number of nitrogens with one attached hydrogen (secondary N) is 1. The van der Waals surface area contributed by atoms with Gasteiger partial charge in [-0.2, -0.15) is 0 Å². The molecule has 1 saturated heterocycles. The molecule has 0 unspecified atom stereocenters. The van der Waals surface area contributed by atoms with E-state index in [0.29, 0.717) is 25.2 Å². The molecule has 3 aromatic rings. The molecule has 2 amide bonds. The molecule has 0 spiro atoms. The second-order valence-electron chi connectivity index (χ2n) is 10.4. The van der Waals surface area contributed by atoms with E-state index < -0.39 is 23.0 Å². The maximum Gasteiger partial charge on any atom is 0.250 e. The summed E-state index contributed by atoms with van der Waals surface area (Å²) >= 11 is 0. The first-order chi connectivity index (χ1) is 19.1. The zero-order valence-corrected chi connectivity index (χ0v) is 22.3. The fourth-order valence-corrected chi connectivity index (χ4v) is 5.78. The smallest absolute Gasteiger partial charge is 0.250 e. The lowest BCUT2D eigenvalue weighted by atomic mass is 9.83. The Bertz CT molecular complexity index is 1580. The second-order valence-corrected chi connectivity index (χ2v) is 10.4. The van der Waals surface area contributed by atoms with E-state index >= 15 is 0 Å². The molecule has 1 aromatic carbocycles. The Balaban J connectivity index is 1.31. The molecule has 0 radical (unpaired) electrons. The summed E-state index contributed by atoms with van der Waals surface area (Å²) in [6, 6.07) is 10.8. The number of carbonyl (C=O) groups excluding carboxylic acids is 2. The van der Waals surface area contributed by atoms with E-state index in [0.717, 1.165) is 18.2 Å². The summed E-state index contributed by atoms with van der Waals surface area (Å²) in [5, 5.41) is 23.2. The number of nitrogens with zero attached hydrogens (tertiary/aromatic N) is 2. The van der Waals surface area contributed by atoms with Gasteiger partial charge in [0.2, 0.25) is 23.0 Å². The fourth-order valence-electron chi connectivity index (χ4n) is 5.78. The maximum atomic E-state index is 13.1. The van der Waals surface area contributed by atoms with Crippen molar-refractivity contribution in [3.8, 4) is 17.2 Å². The van der Waals surface area contributed by atoms with Gasteiger partial charge in [0, 0.05) is 49.8 Å². The summed E-state index contributed by atoms with van der Waals surface area (Å²) < 4.78 is 12.7. The number of aryl methyl sites for hydroxylation is 1. The van der Waals surface area contributed by atoms with Crippen LogP contribution in [0.25, 0.3) is 0 Å². The minimum absolute atomic E-state index is 0.0319. The van der Waals surface area contributed by atoms with Gasteiger partial charge in [0.15, 0.2) is 17.3 Å². The number of likely N-dealkylation sites (tertiary alicyclic amines) is 1. The Morgan fingerprint density at radius 1 is 1.12 bits per heavy atom. The minimum atomic E-state index is -0.902. The van der Waals surface area contributed by atoms with Crippen molar-refractivity contribution in [1.82, 2.24) is 14.8 Å². The molecule has 210 valence electrons. The molecular formula is C29H31N3O8. The number of aromatic nitrogens is 1. The highest BCUT2D eigenvalue weighted by atomic mass is 16.5. The van der Waals surface area contributed by atoms with Crippen LogP contribution in [0.15, 0.2) is 56.5 Å². The zero-order valence-electron chi connectivity index (χ0n) is 22.3. The molecular weight excluding hydrogens is 518 g/mol. The number of phenols is 1. The van der Waals surface area contributed by atoms with Crippen LogP contribution >= 0.6 is 0 Å². The number of piperidine rings is 1. The van der Waals surface area contributed by atoms with Gasteiger partial charge in [-0.3, -0.25) is 19.2 Å². The lowest BCUT2D eigenvalue weighted by Crippen LogP contribution is -2.51. The number of fused-ring (bicyclic) bond motifs is 4. The summed E-state index contributed by atoms with van der Waals surface area (Å²) in [6.07, 6.45) is 0.658. The third kappa shape index (κ3) is 5.31. The van der Waals surface area contributed by atoms with Crippen molar-refractivity contribution in [1.29, 1.82) is 0 Å². The Hall–Kier alpha value is -4.54. The summed E-state index contributed by atoms with van der Waals surface area (Å²) in [5.41, 5.74) is 0.704. The first-order valence-electron chi connectivity index (χ1n) is 13.1. The Morgan fingerprint density at radius 3 is 2.70 bits per heavy atom. The van der Waals surface area contributed by atoms with Gasteiger partial charge in [0.1, 0.15) is 5.76 Å². The van der Waals surface area contributed by atoms with E-state index in [1.165, 1.54) is 19.2 Å². The SMILES string of the molecule is COc1cc([C@@H](CC(=O)NCC(=O)N2C[C@@H]3C[C@H](C2)c2cccc(=O)n2C3)c2oc(C)cc(=O)c2O)ccc1O. The monoisotopic (exact) mass is 549 g/mol. The standard InChI is InChI=1S/C29H31N3O8/c1-16-8-23(34)28(38)29(40-16)20(18-6-7-22(33)24(10-18)39-2)11-25(35)30-12-27(37)31-13-17-9-19(15-31)21-4-3-5-26(36)32(21)14-17/h3-8,10,17,19-20,33,38H,9,11-15H2,1-2H3,(H,30,35)/t17-,19+,20+/m0/s1. The molecule has 2 aliphatic heterocycles. The van der Waals surface area contributed by atoms with Gasteiger partial charge < -0.3 is 34.2 Å². The highest BCUT2D eigenvalue weighted by molar-refractivity contribution is 5.85. The van der Waals surface area contributed by atoms with Crippen LogP contribution in [0.4, 0.5) is 0 Å². The number of phenolic OH excluding ortho intramolecular Hbond substituents is 1. The average molecular weight is 550 g/mol. The summed E-state index contributed by atoms with van der Waals surface area (Å²) in [6.45, 7) is 2.86. The molecule has 40 heavy (non-hydrogen) atoms. The van der Waals surface area contributed by atoms with Crippen LogP contribution in [0, 0.1) is 12.8 Å². The molecule has 4 heterocycles. The number of benzene rings is 1. The molecule has 2 aliphatic rings. The zero-order chi connectivity index (χ0) is 28.6. The number of hydrogen-bond acceptors (Lipinski definition) is 8. The van der Waals surface area contributed by atoms with Crippen molar-refractivity contribution < 1.29 is 29.0 Å². The van der Waals surface area contributed by atoms with E-state index in [1.807, 2.05) is 6.07 Å². The summed E-state index contributed by atoms with van der Waals surface area (Å²) in [4.78, 5) is 52.5. The lowest BCUT2D eigenvalue weighted by Gasteiger charge is -2.42. The van der Waals surface area contributed by atoms with Crippen molar-refractivity contribution in [2.45, 2.75) is 38.1 Å². The second kappa shape index (κ2) is 10.9. The van der Waals surface area contributed by atoms with Gasteiger partial charge in [-0.15, -0.1) is 0 Å². The fraction of sp³-hybridized carbons (Fsp3) is 0.379. The van der Waals surface area contributed by atoms with Crippen molar-refractivity contribution >= 4 is 11.8 Å².